The van der Waals surface area contributed by atoms with Gasteiger partial charge in [0.15, 0.2) is 0 Å². The molecule has 0 bridgehead atoms. The van der Waals surface area contributed by atoms with E-state index < -0.39 is 11.6 Å². The summed E-state index contributed by atoms with van der Waals surface area (Å²) in [6.07, 6.45) is 1.85. The average Bonchev–Trinajstić information content (AvgIpc) is 3.38. The van der Waals surface area contributed by atoms with Crippen molar-refractivity contribution in [2.75, 3.05) is 13.6 Å². The molecule has 7 heteroatoms. The van der Waals surface area contributed by atoms with Crippen molar-refractivity contribution in [3.05, 3.63) is 36.1 Å². The van der Waals surface area contributed by atoms with Crippen molar-refractivity contribution in [1.29, 1.82) is 0 Å². The molecule has 0 radical (unpaired) electrons. The fourth-order valence-electron chi connectivity index (χ4n) is 3.66. The summed E-state index contributed by atoms with van der Waals surface area (Å²) in [7, 11) is 1.65. The Labute approximate surface area is 157 Å². The summed E-state index contributed by atoms with van der Waals surface area (Å²) < 4.78 is 5.83. The Bertz CT molecular complexity index is 899. The Balaban J connectivity index is 1.47. The topological polar surface area (TPSA) is 82.9 Å². The van der Waals surface area contributed by atoms with Crippen LogP contribution in [0, 0.1) is 5.92 Å². The minimum atomic E-state index is -0.875. The number of para-hydroxylation sites is 1. The average molecular weight is 369 g/mol. The number of likely N-dealkylation sites (N-methyl/N-ethyl adjacent to an activating group) is 1. The zero-order valence-electron chi connectivity index (χ0n) is 15.7. The van der Waals surface area contributed by atoms with Crippen molar-refractivity contribution < 1.29 is 18.8 Å². The third kappa shape index (κ3) is 2.87. The standard InChI is InChI=1S/C20H23N3O4/c1-12(16-10-13-6-4-5-7-15(13)27-16)22(3)17(24)11-23-18(25)20(2,14-8-9-14)21-19(23)26/h4-7,10,12,14H,8-9,11H2,1-3H3,(H,21,26). The van der Waals surface area contributed by atoms with Crippen molar-refractivity contribution >= 4 is 28.8 Å². The first-order valence-electron chi connectivity index (χ1n) is 9.19. The van der Waals surface area contributed by atoms with Crippen LogP contribution in [-0.4, -0.2) is 46.8 Å². The highest BCUT2D eigenvalue weighted by Crippen LogP contribution is 2.42. The highest BCUT2D eigenvalue weighted by atomic mass is 16.3. The molecule has 2 heterocycles. The lowest BCUT2D eigenvalue weighted by Crippen LogP contribution is -2.47. The lowest BCUT2D eigenvalue weighted by atomic mass is 9.96. The van der Waals surface area contributed by atoms with E-state index in [1.54, 1.807) is 14.0 Å². The molecule has 7 nitrogen and oxygen atoms in total. The van der Waals surface area contributed by atoms with Crippen molar-refractivity contribution in [2.45, 2.75) is 38.3 Å². The van der Waals surface area contributed by atoms with E-state index in [2.05, 4.69) is 5.32 Å². The molecule has 1 aliphatic heterocycles. The van der Waals surface area contributed by atoms with Gasteiger partial charge in [-0.25, -0.2) is 4.79 Å². The quantitative estimate of drug-likeness (QED) is 0.822. The normalized spacial score (nSPS) is 23.6. The Kier molecular flexibility index (Phi) is 3.98. The van der Waals surface area contributed by atoms with E-state index in [9.17, 15) is 14.4 Å². The van der Waals surface area contributed by atoms with E-state index >= 15 is 0 Å². The van der Waals surface area contributed by atoms with Gasteiger partial charge in [-0.1, -0.05) is 18.2 Å². The minimum absolute atomic E-state index is 0.168. The smallest absolute Gasteiger partial charge is 0.325 e. The number of rotatable bonds is 5. The van der Waals surface area contributed by atoms with Gasteiger partial charge in [-0.05, 0) is 44.7 Å². The van der Waals surface area contributed by atoms with Crippen molar-refractivity contribution in [3.8, 4) is 0 Å². The molecule has 2 aromatic rings. The molecule has 1 aliphatic carbocycles. The first kappa shape index (κ1) is 17.6. The van der Waals surface area contributed by atoms with E-state index in [1.807, 2.05) is 37.3 Å². The van der Waals surface area contributed by atoms with Crippen molar-refractivity contribution in [2.24, 2.45) is 5.92 Å². The molecule has 1 saturated carbocycles. The highest BCUT2D eigenvalue weighted by molar-refractivity contribution is 6.09. The first-order valence-corrected chi connectivity index (χ1v) is 9.19. The molecule has 142 valence electrons. The second-order valence-electron chi connectivity index (χ2n) is 7.67. The lowest BCUT2D eigenvalue weighted by molar-refractivity contribution is -0.139. The second kappa shape index (κ2) is 6.11. The van der Waals surface area contributed by atoms with Gasteiger partial charge in [-0.2, -0.15) is 0 Å². The van der Waals surface area contributed by atoms with Crippen LogP contribution < -0.4 is 5.32 Å². The number of nitrogens with one attached hydrogen (secondary N) is 1. The Morgan fingerprint density at radius 1 is 1.37 bits per heavy atom. The maximum Gasteiger partial charge on any atom is 0.325 e. The number of fused-ring (bicyclic) bond motifs is 1. The molecule has 1 aromatic heterocycles. The van der Waals surface area contributed by atoms with Gasteiger partial charge in [0.25, 0.3) is 5.91 Å². The van der Waals surface area contributed by atoms with Gasteiger partial charge in [-0.15, -0.1) is 0 Å². The van der Waals surface area contributed by atoms with E-state index in [1.165, 1.54) is 4.90 Å². The second-order valence-corrected chi connectivity index (χ2v) is 7.67. The molecule has 4 amide bonds. The van der Waals surface area contributed by atoms with Gasteiger partial charge in [0, 0.05) is 12.4 Å². The van der Waals surface area contributed by atoms with Crippen LogP contribution in [0.4, 0.5) is 4.79 Å². The third-order valence-electron chi connectivity index (χ3n) is 5.82. The predicted molar refractivity (Wildman–Crippen MR) is 98.8 cm³/mol. The number of amides is 4. The molecule has 2 unspecified atom stereocenters. The molecule has 2 aliphatic rings. The fraction of sp³-hybridized carbons (Fsp3) is 0.450. The van der Waals surface area contributed by atoms with E-state index in [0.29, 0.717) is 5.76 Å². The molecule has 1 saturated heterocycles. The van der Waals surface area contributed by atoms with Crippen molar-refractivity contribution in [1.82, 2.24) is 15.1 Å². The number of carbonyl (C=O) groups is 3. The lowest BCUT2D eigenvalue weighted by Gasteiger charge is -2.25. The van der Waals surface area contributed by atoms with Crippen LogP contribution in [0.3, 0.4) is 0 Å². The third-order valence-corrected chi connectivity index (χ3v) is 5.82. The number of nitrogens with zero attached hydrogens (tertiary/aromatic N) is 2. The highest BCUT2D eigenvalue weighted by Gasteiger charge is 2.56. The molecule has 1 aromatic carbocycles. The van der Waals surface area contributed by atoms with E-state index in [-0.39, 0.29) is 30.3 Å². The zero-order valence-corrected chi connectivity index (χ0v) is 15.7. The summed E-state index contributed by atoms with van der Waals surface area (Å²) >= 11 is 0. The largest absolute Gasteiger partial charge is 0.459 e. The predicted octanol–water partition coefficient (Wildman–Crippen LogP) is 2.67. The van der Waals surface area contributed by atoms with Crippen molar-refractivity contribution in [3.63, 3.8) is 0 Å². The van der Waals surface area contributed by atoms with E-state index in [4.69, 9.17) is 4.42 Å². The van der Waals surface area contributed by atoms with Gasteiger partial charge in [0.05, 0.1) is 6.04 Å². The number of hydrogen-bond donors (Lipinski definition) is 1. The van der Waals surface area contributed by atoms with Crippen LogP contribution in [0.5, 0.6) is 0 Å². The number of benzene rings is 1. The maximum atomic E-state index is 12.7. The fourth-order valence-corrected chi connectivity index (χ4v) is 3.66. The van der Waals surface area contributed by atoms with Crippen LogP contribution in [0.1, 0.15) is 38.5 Å². The van der Waals surface area contributed by atoms with Crippen LogP contribution in [-0.2, 0) is 9.59 Å². The number of furan rings is 1. The molecular formula is C20H23N3O4. The van der Waals surface area contributed by atoms with Crippen LogP contribution >= 0.6 is 0 Å². The zero-order chi connectivity index (χ0) is 19.3. The Hall–Kier alpha value is -2.83. The summed E-state index contributed by atoms with van der Waals surface area (Å²) in [5, 5.41) is 3.73. The van der Waals surface area contributed by atoms with Crippen LogP contribution in [0.25, 0.3) is 11.0 Å². The number of urea groups is 1. The number of carbonyl (C=O) groups excluding carboxylic acids is 3. The molecule has 1 N–H and O–H groups in total. The molecular weight excluding hydrogens is 346 g/mol. The summed E-state index contributed by atoms with van der Waals surface area (Å²) in [4.78, 5) is 40.2. The van der Waals surface area contributed by atoms with Gasteiger partial charge in [0.2, 0.25) is 5.91 Å². The minimum Gasteiger partial charge on any atom is -0.459 e. The molecule has 0 spiro atoms. The monoisotopic (exact) mass is 369 g/mol. The maximum absolute atomic E-state index is 12.7. The molecule has 2 atom stereocenters. The van der Waals surface area contributed by atoms with Gasteiger partial charge < -0.3 is 14.6 Å². The van der Waals surface area contributed by atoms with Gasteiger partial charge in [-0.3, -0.25) is 14.5 Å². The summed E-state index contributed by atoms with van der Waals surface area (Å²) in [6, 6.07) is 8.73. The first-order chi connectivity index (χ1) is 12.8. The van der Waals surface area contributed by atoms with Crippen LogP contribution in [0.15, 0.2) is 34.7 Å². The molecule has 2 fully saturated rings. The van der Waals surface area contributed by atoms with E-state index in [0.717, 1.165) is 28.7 Å². The summed E-state index contributed by atoms with van der Waals surface area (Å²) in [6.45, 7) is 3.33. The SMILES string of the molecule is CC(c1cc2ccccc2o1)N(C)C(=O)CN1C(=O)NC(C)(C2CC2)C1=O. The Morgan fingerprint density at radius 3 is 2.74 bits per heavy atom. The van der Waals surface area contributed by atoms with Gasteiger partial charge in [0.1, 0.15) is 23.4 Å². The summed E-state index contributed by atoms with van der Waals surface area (Å²) in [5.74, 6) is 0.202. The number of imide groups is 1. The summed E-state index contributed by atoms with van der Waals surface area (Å²) in [5.41, 5.74) is -0.116. The van der Waals surface area contributed by atoms with Gasteiger partial charge >= 0.3 is 6.03 Å². The Morgan fingerprint density at radius 2 is 2.07 bits per heavy atom. The molecule has 27 heavy (non-hydrogen) atoms. The van der Waals surface area contributed by atoms with Crippen LogP contribution in [0.2, 0.25) is 0 Å². The molecule has 4 rings (SSSR count). The number of hydrogen-bond acceptors (Lipinski definition) is 4.